The lowest BCUT2D eigenvalue weighted by Gasteiger charge is -2.11. The molecule has 0 saturated carbocycles. The van der Waals surface area contributed by atoms with Gasteiger partial charge in [0.2, 0.25) is 0 Å². The Morgan fingerprint density at radius 1 is 1.07 bits per heavy atom. The third-order valence-electron chi connectivity index (χ3n) is 4.09. The smallest absolute Gasteiger partial charge is 0.339 e. The first-order valence-corrected chi connectivity index (χ1v) is 11.2. The Labute approximate surface area is 188 Å². The van der Waals surface area contributed by atoms with E-state index in [1.165, 1.54) is 30.3 Å². The van der Waals surface area contributed by atoms with Crippen LogP contribution in [0.15, 0.2) is 76.1 Å². The van der Waals surface area contributed by atoms with Crippen molar-refractivity contribution in [3.63, 3.8) is 0 Å². The van der Waals surface area contributed by atoms with E-state index >= 15 is 0 Å². The first-order valence-electron chi connectivity index (χ1n) is 8.58. The molecule has 0 radical (unpaired) electrons. The quantitative estimate of drug-likeness (QED) is 0.236. The van der Waals surface area contributed by atoms with Crippen molar-refractivity contribution in [3.8, 4) is 17.6 Å². The molecule has 0 saturated heterocycles. The molecular weight excluding hydrogens is 490 g/mol. The van der Waals surface area contributed by atoms with Crippen LogP contribution in [0.4, 0.5) is 0 Å². The lowest BCUT2D eigenvalue weighted by atomic mass is 10.0. The van der Waals surface area contributed by atoms with Gasteiger partial charge in [-0.25, -0.2) is 0 Å². The fraction of sp³-hybridized carbons (Fsp3) is 0.0455. The van der Waals surface area contributed by atoms with Gasteiger partial charge in [0.1, 0.15) is 16.4 Å². The molecule has 0 bridgehead atoms. The van der Waals surface area contributed by atoms with Crippen LogP contribution in [0.2, 0.25) is 5.02 Å². The van der Waals surface area contributed by atoms with Crippen molar-refractivity contribution in [3.05, 3.63) is 87.4 Å². The Morgan fingerprint density at radius 2 is 1.73 bits per heavy atom. The minimum atomic E-state index is -4.08. The molecule has 0 aliphatic carbocycles. The van der Waals surface area contributed by atoms with Gasteiger partial charge in [0, 0.05) is 15.1 Å². The molecule has 0 aromatic heterocycles. The summed E-state index contributed by atoms with van der Waals surface area (Å²) in [6.45, 7) is 0. The van der Waals surface area contributed by atoms with Gasteiger partial charge in [-0.3, -0.25) is 0 Å². The molecule has 0 heterocycles. The van der Waals surface area contributed by atoms with Crippen LogP contribution in [0.1, 0.15) is 11.1 Å². The van der Waals surface area contributed by atoms with Gasteiger partial charge in [-0.05, 0) is 78.4 Å². The van der Waals surface area contributed by atoms with Gasteiger partial charge in [0.25, 0.3) is 0 Å². The first kappa shape index (κ1) is 21.9. The summed E-state index contributed by atoms with van der Waals surface area (Å²) in [5.41, 5.74) is 1.42. The number of halogens is 2. The molecule has 0 fully saturated rings. The Kier molecular flexibility index (Phi) is 6.83. The highest BCUT2D eigenvalue weighted by atomic mass is 79.9. The van der Waals surface area contributed by atoms with E-state index in [1.807, 2.05) is 0 Å². The Bertz CT molecular complexity index is 1230. The van der Waals surface area contributed by atoms with Crippen molar-refractivity contribution in [2.75, 3.05) is 7.11 Å². The zero-order chi connectivity index (χ0) is 21.7. The lowest BCUT2D eigenvalue weighted by molar-refractivity contribution is 0.415. The molecule has 152 valence electrons. The maximum atomic E-state index is 12.7. The summed E-state index contributed by atoms with van der Waals surface area (Å²) in [5.74, 6) is 0.756. The van der Waals surface area contributed by atoms with Crippen molar-refractivity contribution >= 4 is 49.3 Å². The summed E-state index contributed by atoms with van der Waals surface area (Å²) < 4.78 is 36.5. The largest absolute Gasteiger partial charge is 0.497 e. The summed E-state index contributed by atoms with van der Waals surface area (Å²) in [6.07, 6.45) is 1.57. The maximum absolute atomic E-state index is 12.7. The third kappa shape index (κ3) is 5.22. The maximum Gasteiger partial charge on any atom is 0.339 e. The van der Waals surface area contributed by atoms with Crippen LogP contribution in [-0.2, 0) is 10.1 Å². The van der Waals surface area contributed by atoms with Crippen molar-refractivity contribution in [2.45, 2.75) is 4.90 Å². The number of nitrogens with zero attached hydrogens (tertiary/aromatic N) is 1. The topological polar surface area (TPSA) is 76.4 Å². The van der Waals surface area contributed by atoms with Crippen LogP contribution < -0.4 is 8.92 Å². The van der Waals surface area contributed by atoms with Crippen molar-refractivity contribution < 1.29 is 17.3 Å². The fourth-order valence-corrected chi connectivity index (χ4v) is 4.04. The monoisotopic (exact) mass is 503 g/mol. The number of benzene rings is 3. The van der Waals surface area contributed by atoms with Crippen molar-refractivity contribution in [1.29, 1.82) is 5.26 Å². The average Bonchev–Trinajstić information content (AvgIpc) is 2.74. The molecule has 0 spiro atoms. The molecule has 0 aliphatic rings. The highest BCUT2D eigenvalue weighted by Gasteiger charge is 2.18. The normalized spacial score (nSPS) is 11.6. The number of nitriles is 1. The number of hydrogen-bond acceptors (Lipinski definition) is 5. The molecule has 3 aromatic rings. The Hall–Kier alpha value is -2.79. The molecule has 3 rings (SSSR count). The minimum absolute atomic E-state index is 0.0274. The number of rotatable bonds is 6. The van der Waals surface area contributed by atoms with E-state index < -0.39 is 10.1 Å². The van der Waals surface area contributed by atoms with Crippen LogP contribution in [0.3, 0.4) is 0 Å². The van der Waals surface area contributed by atoms with E-state index in [2.05, 4.69) is 22.0 Å². The fourth-order valence-electron chi connectivity index (χ4n) is 2.58. The highest BCUT2D eigenvalue weighted by molar-refractivity contribution is 9.10. The molecule has 8 heteroatoms. The van der Waals surface area contributed by atoms with Crippen LogP contribution in [-0.4, -0.2) is 15.5 Å². The summed E-state index contributed by atoms with van der Waals surface area (Å²) in [5, 5.41) is 10.0. The predicted molar refractivity (Wildman–Crippen MR) is 120 cm³/mol. The lowest BCUT2D eigenvalue weighted by Crippen LogP contribution is -2.10. The average molecular weight is 505 g/mol. The molecule has 0 amide bonds. The van der Waals surface area contributed by atoms with Crippen LogP contribution in [0.25, 0.3) is 11.6 Å². The van der Waals surface area contributed by atoms with Gasteiger partial charge >= 0.3 is 10.1 Å². The van der Waals surface area contributed by atoms with Gasteiger partial charge < -0.3 is 8.92 Å². The summed E-state index contributed by atoms with van der Waals surface area (Å²) >= 11 is 9.20. The zero-order valence-corrected chi connectivity index (χ0v) is 18.8. The van der Waals surface area contributed by atoms with Crippen LogP contribution in [0, 0.1) is 11.3 Å². The second kappa shape index (κ2) is 9.35. The first-order chi connectivity index (χ1) is 14.3. The molecular formula is C22H15BrClNO4S. The summed E-state index contributed by atoms with van der Waals surface area (Å²) in [7, 11) is -2.53. The Morgan fingerprint density at radius 3 is 2.33 bits per heavy atom. The highest BCUT2D eigenvalue weighted by Crippen LogP contribution is 2.30. The minimum Gasteiger partial charge on any atom is -0.497 e. The standard InChI is InChI=1S/C22H15BrClNO4S/c1-28-20-7-2-15(3-8-20)17(14-25)12-16-13-18(23)4-11-22(16)29-30(26,27)21-9-5-19(24)6-10-21/h2-13H,1H3/b17-12+. The molecule has 5 nitrogen and oxygen atoms in total. The van der Waals surface area contributed by atoms with Gasteiger partial charge in [-0.2, -0.15) is 13.7 Å². The van der Waals surface area contributed by atoms with Gasteiger partial charge in [0.15, 0.2) is 0 Å². The summed E-state index contributed by atoms with van der Waals surface area (Å²) in [4.78, 5) is -0.0274. The number of ether oxygens (including phenoxy) is 1. The summed E-state index contributed by atoms with van der Waals surface area (Å²) in [6, 6.07) is 19.6. The van der Waals surface area contributed by atoms with Crippen molar-refractivity contribution in [1.82, 2.24) is 0 Å². The van der Waals surface area contributed by atoms with Gasteiger partial charge in [0.05, 0.1) is 18.8 Å². The molecule has 0 unspecified atom stereocenters. The molecule has 0 atom stereocenters. The van der Waals surface area contributed by atoms with E-state index in [9.17, 15) is 13.7 Å². The second-order valence-electron chi connectivity index (χ2n) is 6.07. The third-order valence-corrected chi connectivity index (χ3v) is 6.09. The predicted octanol–water partition coefficient (Wildman–Crippen LogP) is 5.94. The van der Waals surface area contributed by atoms with Crippen LogP contribution in [0.5, 0.6) is 11.5 Å². The van der Waals surface area contributed by atoms with Crippen molar-refractivity contribution in [2.24, 2.45) is 0 Å². The van der Waals surface area contributed by atoms with Gasteiger partial charge in [-0.15, -0.1) is 0 Å². The molecule has 0 aliphatic heterocycles. The number of methoxy groups -OCH3 is 1. The van der Waals surface area contributed by atoms with E-state index in [4.69, 9.17) is 20.5 Å². The molecule has 30 heavy (non-hydrogen) atoms. The molecule has 0 N–H and O–H groups in total. The van der Waals surface area contributed by atoms with E-state index in [1.54, 1.807) is 49.6 Å². The number of hydrogen-bond donors (Lipinski definition) is 0. The molecule has 3 aromatic carbocycles. The SMILES string of the molecule is COc1ccc(/C(C#N)=C/c2cc(Br)ccc2OS(=O)(=O)c2ccc(Cl)cc2)cc1. The zero-order valence-electron chi connectivity index (χ0n) is 15.7. The van der Waals surface area contributed by atoms with E-state index in [0.717, 1.165) is 0 Å². The second-order valence-corrected chi connectivity index (χ2v) is 8.97. The van der Waals surface area contributed by atoms with Crippen LogP contribution >= 0.6 is 27.5 Å². The van der Waals surface area contributed by atoms with Gasteiger partial charge in [-0.1, -0.05) is 27.5 Å². The Balaban J connectivity index is 2.01. The van der Waals surface area contributed by atoms with E-state index in [-0.39, 0.29) is 10.6 Å². The van der Waals surface area contributed by atoms with E-state index in [0.29, 0.717) is 31.9 Å². The number of allylic oxidation sites excluding steroid dienone is 1.